The summed E-state index contributed by atoms with van der Waals surface area (Å²) in [4.78, 5) is 4.14. The highest BCUT2D eigenvalue weighted by molar-refractivity contribution is 5.27. The zero-order valence-electron chi connectivity index (χ0n) is 16.8. The third-order valence-electron chi connectivity index (χ3n) is 6.05. The average molecular weight is 373 g/mol. The second kappa shape index (κ2) is 8.89. The van der Waals surface area contributed by atoms with E-state index in [1.807, 2.05) is 30.9 Å². The fourth-order valence-corrected chi connectivity index (χ4v) is 3.57. The normalized spacial score (nSPS) is 18.3. The topological polar surface area (TPSA) is 45.5 Å². The van der Waals surface area contributed by atoms with Crippen LogP contribution in [0.25, 0.3) is 0 Å². The van der Waals surface area contributed by atoms with Gasteiger partial charge in [-0.15, -0.1) is 0 Å². The first-order valence-corrected chi connectivity index (χ1v) is 9.99. The third kappa shape index (κ3) is 4.90. The Labute approximate surface area is 162 Å². The van der Waals surface area contributed by atoms with Crippen LogP contribution in [0, 0.1) is 5.41 Å². The number of nitrogens with zero attached hydrogens (tertiary/aromatic N) is 2. The van der Waals surface area contributed by atoms with Gasteiger partial charge in [-0.3, -0.25) is 0 Å². The highest BCUT2D eigenvalue weighted by Gasteiger charge is 2.42. The van der Waals surface area contributed by atoms with E-state index in [9.17, 15) is 0 Å². The van der Waals surface area contributed by atoms with Gasteiger partial charge in [0.05, 0.1) is 26.7 Å². The Morgan fingerprint density at radius 3 is 2.33 bits per heavy atom. The van der Waals surface area contributed by atoms with Gasteiger partial charge in [-0.1, -0.05) is 26.0 Å². The minimum absolute atomic E-state index is 0.151. The lowest BCUT2D eigenvalue weighted by Gasteiger charge is -2.46. The first-order valence-electron chi connectivity index (χ1n) is 9.99. The SMILES string of the molecule is CCC1(CC)COC(CCc2ccc(OC)cc2)(CCn2ccnc2)OC1. The number of methoxy groups -OCH3 is 1. The molecule has 1 aliphatic heterocycles. The van der Waals surface area contributed by atoms with E-state index in [1.54, 1.807) is 7.11 Å². The van der Waals surface area contributed by atoms with E-state index < -0.39 is 5.79 Å². The number of aromatic nitrogens is 2. The van der Waals surface area contributed by atoms with Crippen LogP contribution in [0.5, 0.6) is 5.75 Å². The van der Waals surface area contributed by atoms with Crippen molar-refractivity contribution in [3.05, 3.63) is 48.5 Å². The van der Waals surface area contributed by atoms with Gasteiger partial charge in [-0.2, -0.15) is 0 Å². The van der Waals surface area contributed by atoms with Crippen molar-refractivity contribution in [1.29, 1.82) is 0 Å². The standard InChI is InChI=1S/C22H32N2O3/c1-4-21(5-2)16-26-22(27-17-21,12-14-24-15-13-23-18-24)11-10-19-6-8-20(25-3)9-7-19/h6-9,13,15,18H,4-5,10-12,14,16-17H2,1-3H3. The van der Waals surface area contributed by atoms with Crippen molar-refractivity contribution in [3.8, 4) is 5.75 Å². The summed E-state index contributed by atoms with van der Waals surface area (Å²) in [6.07, 6.45) is 10.4. The van der Waals surface area contributed by atoms with Crippen molar-refractivity contribution >= 4 is 0 Å². The van der Waals surface area contributed by atoms with E-state index in [0.717, 1.165) is 57.6 Å². The zero-order chi connectivity index (χ0) is 19.2. The van der Waals surface area contributed by atoms with Crippen molar-refractivity contribution in [3.63, 3.8) is 0 Å². The molecule has 148 valence electrons. The van der Waals surface area contributed by atoms with Crippen LogP contribution in [0.3, 0.4) is 0 Å². The predicted octanol–water partition coefficient (Wildman–Crippen LogP) is 4.46. The fourth-order valence-electron chi connectivity index (χ4n) is 3.57. The van der Waals surface area contributed by atoms with Crippen LogP contribution in [0.1, 0.15) is 45.1 Å². The summed E-state index contributed by atoms with van der Waals surface area (Å²) in [5, 5.41) is 0. The van der Waals surface area contributed by atoms with Gasteiger partial charge in [0.1, 0.15) is 5.75 Å². The monoisotopic (exact) mass is 372 g/mol. The first-order chi connectivity index (χ1) is 13.1. The van der Waals surface area contributed by atoms with Crippen LogP contribution >= 0.6 is 0 Å². The smallest absolute Gasteiger partial charge is 0.170 e. The molecule has 2 heterocycles. The van der Waals surface area contributed by atoms with Gasteiger partial charge in [0.15, 0.2) is 5.79 Å². The quantitative estimate of drug-likeness (QED) is 0.652. The Bertz CT molecular complexity index is 668. The molecule has 1 saturated heterocycles. The summed E-state index contributed by atoms with van der Waals surface area (Å²) in [6.45, 7) is 6.84. The second-order valence-corrected chi connectivity index (χ2v) is 7.59. The second-order valence-electron chi connectivity index (χ2n) is 7.59. The van der Waals surface area contributed by atoms with Crippen LogP contribution in [-0.2, 0) is 22.4 Å². The minimum atomic E-state index is -0.530. The molecule has 1 aliphatic rings. The molecule has 0 unspecified atom stereocenters. The first kappa shape index (κ1) is 19.9. The molecular formula is C22H32N2O3. The predicted molar refractivity (Wildman–Crippen MR) is 106 cm³/mol. The number of benzene rings is 1. The van der Waals surface area contributed by atoms with E-state index >= 15 is 0 Å². The molecule has 0 aliphatic carbocycles. The van der Waals surface area contributed by atoms with Crippen molar-refractivity contribution in [1.82, 2.24) is 9.55 Å². The lowest BCUT2D eigenvalue weighted by atomic mass is 9.82. The van der Waals surface area contributed by atoms with Crippen molar-refractivity contribution < 1.29 is 14.2 Å². The van der Waals surface area contributed by atoms with Gasteiger partial charge < -0.3 is 18.8 Å². The molecule has 0 saturated carbocycles. The highest BCUT2D eigenvalue weighted by Crippen LogP contribution is 2.39. The molecule has 0 spiro atoms. The molecule has 1 fully saturated rings. The molecule has 0 N–H and O–H groups in total. The molecule has 0 radical (unpaired) electrons. The Balaban J connectivity index is 1.67. The zero-order valence-corrected chi connectivity index (χ0v) is 16.8. The molecule has 1 aromatic carbocycles. The van der Waals surface area contributed by atoms with Gasteiger partial charge in [-0.05, 0) is 37.0 Å². The maximum Gasteiger partial charge on any atom is 0.170 e. The average Bonchev–Trinajstić information content (AvgIpc) is 3.26. The molecule has 27 heavy (non-hydrogen) atoms. The molecule has 1 aromatic heterocycles. The number of imidazole rings is 1. The number of rotatable bonds is 9. The summed E-state index contributed by atoms with van der Waals surface area (Å²) < 4.78 is 20.2. The van der Waals surface area contributed by atoms with Gasteiger partial charge in [-0.25, -0.2) is 4.98 Å². The molecule has 5 heteroatoms. The maximum absolute atomic E-state index is 6.45. The van der Waals surface area contributed by atoms with Crippen LogP contribution in [0.2, 0.25) is 0 Å². The van der Waals surface area contributed by atoms with Gasteiger partial charge in [0.25, 0.3) is 0 Å². The summed E-state index contributed by atoms with van der Waals surface area (Å²) in [5.41, 5.74) is 1.42. The fraction of sp³-hybridized carbons (Fsp3) is 0.591. The van der Waals surface area contributed by atoms with Crippen LogP contribution < -0.4 is 4.74 Å². The van der Waals surface area contributed by atoms with Crippen molar-refractivity contribution in [2.24, 2.45) is 5.41 Å². The molecule has 0 amide bonds. The summed E-state index contributed by atoms with van der Waals surface area (Å²) >= 11 is 0. The van der Waals surface area contributed by atoms with E-state index in [4.69, 9.17) is 14.2 Å². The number of aryl methyl sites for hydroxylation is 2. The number of hydrogen-bond donors (Lipinski definition) is 0. The van der Waals surface area contributed by atoms with E-state index in [0.29, 0.717) is 0 Å². The van der Waals surface area contributed by atoms with Gasteiger partial charge >= 0.3 is 0 Å². The third-order valence-corrected chi connectivity index (χ3v) is 6.05. The lowest BCUT2D eigenvalue weighted by Crippen LogP contribution is -2.50. The van der Waals surface area contributed by atoms with Crippen LogP contribution in [-0.4, -0.2) is 35.7 Å². The van der Waals surface area contributed by atoms with Gasteiger partial charge in [0, 0.05) is 37.2 Å². The van der Waals surface area contributed by atoms with Crippen molar-refractivity contribution in [2.45, 2.75) is 58.3 Å². The largest absolute Gasteiger partial charge is 0.497 e. The van der Waals surface area contributed by atoms with Gasteiger partial charge in [0.2, 0.25) is 0 Å². The Morgan fingerprint density at radius 1 is 1.07 bits per heavy atom. The summed E-state index contributed by atoms with van der Waals surface area (Å²) in [6, 6.07) is 8.26. The Morgan fingerprint density at radius 2 is 1.78 bits per heavy atom. The molecule has 2 aromatic rings. The number of ether oxygens (including phenoxy) is 3. The Kier molecular flexibility index (Phi) is 6.55. The highest BCUT2D eigenvalue weighted by atomic mass is 16.7. The number of hydrogen-bond acceptors (Lipinski definition) is 4. The molecule has 0 atom stereocenters. The minimum Gasteiger partial charge on any atom is -0.497 e. The molecular weight excluding hydrogens is 340 g/mol. The van der Waals surface area contributed by atoms with E-state index in [2.05, 4.69) is 35.5 Å². The van der Waals surface area contributed by atoms with E-state index in [1.165, 1.54) is 5.56 Å². The molecule has 3 rings (SSSR count). The van der Waals surface area contributed by atoms with Crippen molar-refractivity contribution in [2.75, 3.05) is 20.3 Å². The molecule has 0 bridgehead atoms. The van der Waals surface area contributed by atoms with E-state index in [-0.39, 0.29) is 5.41 Å². The maximum atomic E-state index is 6.45. The summed E-state index contributed by atoms with van der Waals surface area (Å²) in [7, 11) is 1.69. The Hall–Kier alpha value is -1.85. The van der Waals surface area contributed by atoms with Crippen LogP contribution in [0.4, 0.5) is 0 Å². The summed E-state index contributed by atoms with van der Waals surface area (Å²) in [5.74, 6) is 0.354. The lowest BCUT2D eigenvalue weighted by molar-refractivity contribution is -0.311. The molecule has 5 nitrogen and oxygen atoms in total. The van der Waals surface area contributed by atoms with Crippen LogP contribution in [0.15, 0.2) is 43.0 Å².